The number of carbonyl (C=O) groups excluding carboxylic acids is 1. The molecular formula is C13H20N6O. The second-order valence-electron chi connectivity index (χ2n) is 4.95. The Morgan fingerprint density at radius 1 is 1.40 bits per heavy atom. The molecule has 2 N–H and O–H groups in total. The van der Waals surface area contributed by atoms with Crippen molar-refractivity contribution < 1.29 is 4.79 Å². The maximum atomic E-state index is 11.8. The highest BCUT2D eigenvalue weighted by atomic mass is 16.1. The predicted molar refractivity (Wildman–Crippen MR) is 75.5 cm³/mol. The van der Waals surface area contributed by atoms with E-state index in [0.29, 0.717) is 18.1 Å². The molecular weight excluding hydrogens is 256 g/mol. The van der Waals surface area contributed by atoms with Crippen molar-refractivity contribution in [3.8, 4) is 0 Å². The Balaban J connectivity index is 2.06. The molecule has 20 heavy (non-hydrogen) atoms. The summed E-state index contributed by atoms with van der Waals surface area (Å²) >= 11 is 0. The van der Waals surface area contributed by atoms with Gasteiger partial charge in [0.1, 0.15) is 0 Å². The van der Waals surface area contributed by atoms with Crippen LogP contribution < -0.4 is 10.6 Å². The van der Waals surface area contributed by atoms with Gasteiger partial charge in [-0.1, -0.05) is 0 Å². The van der Waals surface area contributed by atoms with Crippen molar-refractivity contribution in [2.45, 2.75) is 33.2 Å². The van der Waals surface area contributed by atoms with E-state index < -0.39 is 0 Å². The van der Waals surface area contributed by atoms with Gasteiger partial charge in [-0.15, -0.1) is 5.10 Å². The van der Waals surface area contributed by atoms with E-state index in [9.17, 15) is 4.79 Å². The molecule has 2 heterocycles. The van der Waals surface area contributed by atoms with Crippen LogP contribution in [0.25, 0.3) is 5.78 Å². The van der Waals surface area contributed by atoms with Crippen LogP contribution >= 0.6 is 0 Å². The van der Waals surface area contributed by atoms with E-state index in [4.69, 9.17) is 0 Å². The predicted octanol–water partition coefficient (Wildman–Crippen LogP) is 0.00774. The standard InChI is InChI=1S/C13H20N6O/c1-8-5-10(3)19-13(16-8)17-11(18-19)6-12(20)15-7-9(2)14-4/h5,9,14H,6-7H2,1-4H3,(H,15,20). The van der Waals surface area contributed by atoms with Gasteiger partial charge in [-0.3, -0.25) is 4.79 Å². The Morgan fingerprint density at radius 3 is 2.85 bits per heavy atom. The minimum atomic E-state index is -0.0858. The number of carbonyl (C=O) groups is 1. The van der Waals surface area contributed by atoms with Crippen LogP contribution in [0.2, 0.25) is 0 Å². The van der Waals surface area contributed by atoms with Gasteiger partial charge in [0.05, 0.1) is 6.42 Å². The van der Waals surface area contributed by atoms with Crippen molar-refractivity contribution in [2.75, 3.05) is 13.6 Å². The molecule has 108 valence electrons. The van der Waals surface area contributed by atoms with E-state index in [1.807, 2.05) is 33.9 Å². The first-order chi connectivity index (χ1) is 9.49. The highest BCUT2D eigenvalue weighted by Gasteiger charge is 2.12. The third-order valence-electron chi connectivity index (χ3n) is 3.08. The third kappa shape index (κ3) is 3.30. The first-order valence-corrected chi connectivity index (χ1v) is 6.63. The van der Waals surface area contributed by atoms with E-state index in [-0.39, 0.29) is 18.4 Å². The topological polar surface area (TPSA) is 84.2 Å². The van der Waals surface area contributed by atoms with Crippen LogP contribution in [-0.4, -0.2) is 45.1 Å². The number of nitrogens with one attached hydrogen (secondary N) is 2. The quantitative estimate of drug-likeness (QED) is 0.803. The zero-order chi connectivity index (χ0) is 14.7. The Kier molecular flexibility index (Phi) is 4.29. The van der Waals surface area contributed by atoms with Crippen molar-refractivity contribution in [3.05, 3.63) is 23.3 Å². The molecule has 0 aliphatic rings. The lowest BCUT2D eigenvalue weighted by molar-refractivity contribution is -0.120. The number of rotatable bonds is 5. The molecule has 7 heteroatoms. The summed E-state index contributed by atoms with van der Waals surface area (Å²) in [5.41, 5.74) is 1.84. The average molecular weight is 276 g/mol. The zero-order valence-electron chi connectivity index (χ0n) is 12.3. The lowest BCUT2D eigenvalue weighted by atomic mass is 10.3. The number of likely N-dealkylation sites (N-methyl/N-ethyl adjacent to an activating group) is 1. The van der Waals surface area contributed by atoms with Gasteiger partial charge in [-0.2, -0.15) is 4.98 Å². The van der Waals surface area contributed by atoms with Gasteiger partial charge in [-0.25, -0.2) is 9.50 Å². The number of aromatic nitrogens is 4. The smallest absolute Gasteiger partial charge is 0.252 e. The van der Waals surface area contributed by atoms with Crippen LogP contribution in [0, 0.1) is 13.8 Å². The summed E-state index contributed by atoms with van der Waals surface area (Å²) in [7, 11) is 1.86. The summed E-state index contributed by atoms with van der Waals surface area (Å²) in [6, 6.07) is 2.17. The molecule has 0 aliphatic carbocycles. The lowest BCUT2D eigenvalue weighted by Crippen LogP contribution is -2.37. The van der Waals surface area contributed by atoms with Crippen LogP contribution in [0.1, 0.15) is 24.1 Å². The van der Waals surface area contributed by atoms with Gasteiger partial charge in [0.15, 0.2) is 5.82 Å². The van der Waals surface area contributed by atoms with Crippen LogP contribution in [0.3, 0.4) is 0 Å². The van der Waals surface area contributed by atoms with Crippen molar-refractivity contribution in [1.29, 1.82) is 0 Å². The van der Waals surface area contributed by atoms with Gasteiger partial charge >= 0.3 is 0 Å². The largest absolute Gasteiger partial charge is 0.354 e. The van der Waals surface area contributed by atoms with E-state index in [2.05, 4.69) is 25.7 Å². The molecule has 2 rings (SSSR count). The monoisotopic (exact) mass is 276 g/mol. The normalized spacial score (nSPS) is 12.6. The fraction of sp³-hybridized carbons (Fsp3) is 0.538. The summed E-state index contributed by atoms with van der Waals surface area (Å²) in [6.45, 7) is 6.43. The molecule has 0 spiro atoms. The molecule has 7 nitrogen and oxygen atoms in total. The molecule has 2 aromatic rings. The summed E-state index contributed by atoms with van der Waals surface area (Å²) in [5.74, 6) is 0.937. The molecule has 0 aliphatic heterocycles. The van der Waals surface area contributed by atoms with E-state index in [1.165, 1.54) is 0 Å². The Hall–Kier alpha value is -2.02. The first-order valence-electron chi connectivity index (χ1n) is 6.63. The number of amides is 1. The van der Waals surface area contributed by atoms with Gasteiger partial charge in [0.25, 0.3) is 5.78 Å². The minimum absolute atomic E-state index is 0.0858. The maximum Gasteiger partial charge on any atom is 0.252 e. The molecule has 0 fully saturated rings. The number of aryl methyl sites for hydroxylation is 2. The van der Waals surface area contributed by atoms with Crippen molar-refractivity contribution in [1.82, 2.24) is 30.2 Å². The summed E-state index contributed by atoms with van der Waals surface area (Å²) in [4.78, 5) is 20.4. The lowest BCUT2D eigenvalue weighted by Gasteiger charge is -2.10. The minimum Gasteiger partial charge on any atom is -0.354 e. The fourth-order valence-corrected chi connectivity index (χ4v) is 1.86. The molecule has 1 amide bonds. The van der Waals surface area contributed by atoms with Gasteiger partial charge in [0.2, 0.25) is 5.91 Å². The second-order valence-corrected chi connectivity index (χ2v) is 4.95. The zero-order valence-corrected chi connectivity index (χ0v) is 12.3. The highest BCUT2D eigenvalue weighted by Crippen LogP contribution is 2.05. The Morgan fingerprint density at radius 2 is 2.15 bits per heavy atom. The summed E-state index contributed by atoms with van der Waals surface area (Å²) < 4.78 is 1.66. The van der Waals surface area contributed by atoms with Gasteiger partial charge in [0, 0.05) is 24.0 Å². The molecule has 0 radical (unpaired) electrons. The van der Waals surface area contributed by atoms with E-state index >= 15 is 0 Å². The molecule has 1 unspecified atom stereocenters. The SMILES string of the molecule is CNC(C)CNC(=O)Cc1nc2nc(C)cc(C)n2n1. The molecule has 0 saturated carbocycles. The van der Waals surface area contributed by atoms with Crippen LogP contribution in [0.5, 0.6) is 0 Å². The molecule has 0 aromatic carbocycles. The van der Waals surface area contributed by atoms with E-state index in [1.54, 1.807) is 4.52 Å². The van der Waals surface area contributed by atoms with E-state index in [0.717, 1.165) is 11.4 Å². The number of hydrogen-bond acceptors (Lipinski definition) is 5. The fourth-order valence-electron chi connectivity index (χ4n) is 1.86. The summed E-state index contributed by atoms with van der Waals surface area (Å²) in [5, 5.41) is 10.2. The van der Waals surface area contributed by atoms with Crippen molar-refractivity contribution in [3.63, 3.8) is 0 Å². The van der Waals surface area contributed by atoms with Crippen molar-refractivity contribution >= 4 is 11.7 Å². The average Bonchev–Trinajstić information content (AvgIpc) is 2.78. The van der Waals surface area contributed by atoms with Gasteiger partial charge in [-0.05, 0) is 33.9 Å². The maximum absolute atomic E-state index is 11.8. The second kappa shape index (κ2) is 5.96. The number of nitrogens with zero attached hydrogens (tertiary/aromatic N) is 4. The first kappa shape index (κ1) is 14.4. The molecule has 0 saturated heterocycles. The van der Waals surface area contributed by atoms with Crippen molar-refractivity contribution in [2.24, 2.45) is 0 Å². The van der Waals surface area contributed by atoms with Gasteiger partial charge < -0.3 is 10.6 Å². The van der Waals surface area contributed by atoms with Crippen LogP contribution in [0.4, 0.5) is 0 Å². The van der Waals surface area contributed by atoms with Crippen LogP contribution in [0.15, 0.2) is 6.07 Å². The van der Waals surface area contributed by atoms with Crippen LogP contribution in [-0.2, 0) is 11.2 Å². The molecule has 0 bridgehead atoms. The Bertz CT molecular complexity index is 621. The highest BCUT2D eigenvalue weighted by molar-refractivity contribution is 5.77. The molecule has 1 atom stereocenters. The molecule has 2 aromatic heterocycles. The number of fused-ring (bicyclic) bond motifs is 1. The summed E-state index contributed by atoms with van der Waals surface area (Å²) in [6.07, 6.45) is 0.165. The Labute approximate surface area is 117 Å². The number of hydrogen-bond donors (Lipinski definition) is 2. The third-order valence-corrected chi connectivity index (χ3v) is 3.08.